The third-order valence-electron chi connectivity index (χ3n) is 5.08. The number of aliphatic hydroxyl groups excluding tert-OH is 1. The van der Waals surface area contributed by atoms with Gasteiger partial charge in [-0.3, -0.25) is 9.89 Å². The quantitative estimate of drug-likeness (QED) is 0.700. The summed E-state index contributed by atoms with van der Waals surface area (Å²) in [4.78, 5) is 13.9. The molecule has 0 unspecified atom stereocenters. The van der Waals surface area contributed by atoms with Crippen LogP contribution in [0.4, 0.5) is 4.39 Å². The van der Waals surface area contributed by atoms with Crippen molar-refractivity contribution < 1.29 is 14.3 Å². The van der Waals surface area contributed by atoms with Crippen LogP contribution in [0.5, 0.6) is 0 Å². The monoisotopic (exact) mass is 360 g/mol. The normalized spacial score (nSPS) is 22.1. The maximum absolute atomic E-state index is 13.3. The minimum Gasteiger partial charge on any atom is -0.393 e. The third-order valence-corrected chi connectivity index (χ3v) is 5.08. The van der Waals surface area contributed by atoms with E-state index < -0.39 is 6.10 Å². The molecule has 1 amide bonds. The van der Waals surface area contributed by atoms with Crippen molar-refractivity contribution in [2.45, 2.75) is 37.8 Å². The Morgan fingerprint density at radius 3 is 2.96 bits per heavy atom. The zero-order valence-electron chi connectivity index (χ0n) is 14.9. The highest BCUT2D eigenvalue weighted by Gasteiger charge is 2.38. The highest BCUT2D eigenvalue weighted by Crippen LogP contribution is 2.29. The first kappa shape index (κ1) is 18.5. The van der Waals surface area contributed by atoms with Crippen LogP contribution in [-0.2, 0) is 11.2 Å². The predicted molar refractivity (Wildman–Crippen MR) is 96.6 cm³/mol. The minimum absolute atomic E-state index is 0.00857. The van der Waals surface area contributed by atoms with E-state index >= 15 is 0 Å². The summed E-state index contributed by atoms with van der Waals surface area (Å²) < 4.78 is 13.3. The molecule has 0 saturated heterocycles. The van der Waals surface area contributed by atoms with Crippen molar-refractivity contribution >= 4 is 5.91 Å². The maximum atomic E-state index is 13.3. The number of benzene rings is 1. The summed E-state index contributed by atoms with van der Waals surface area (Å²) in [6.07, 6.45) is 1.95. The zero-order valence-corrected chi connectivity index (χ0v) is 14.9. The molecular formula is C19H25FN4O2. The molecule has 3 rings (SSSR count). The van der Waals surface area contributed by atoms with Gasteiger partial charge in [-0.1, -0.05) is 12.1 Å². The summed E-state index contributed by atoms with van der Waals surface area (Å²) >= 11 is 0. The summed E-state index contributed by atoms with van der Waals surface area (Å²) in [5.74, 6) is -0.399. The van der Waals surface area contributed by atoms with Gasteiger partial charge in [0, 0.05) is 43.2 Å². The van der Waals surface area contributed by atoms with E-state index in [0.717, 1.165) is 24.1 Å². The number of aryl methyl sites for hydroxylation is 1. The average Bonchev–Trinajstić information content (AvgIpc) is 3.08. The first-order valence-electron chi connectivity index (χ1n) is 8.92. The lowest BCUT2D eigenvalue weighted by Gasteiger charge is -2.39. The van der Waals surface area contributed by atoms with E-state index in [2.05, 4.69) is 10.2 Å². The van der Waals surface area contributed by atoms with E-state index in [9.17, 15) is 14.3 Å². The largest absolute Gasteiger partial charge is 0.393 e. The van der Waals surface area contributed by atoms with Crippen LogP contribution in [0.3, 0.4) is 0 Å². The van der Waals surface area contributed by atoms with Gasteiger partial charge in [0.05, 0.1) is 11.8 Å². The highest BCUT2D eigenvalue weighted by atomic mass is 19.1. The number of carbonyl (C=O) groups excluding carboxylic acids is 1. The van der Waals surface area contributed by atoms with Crippen molar-refractivity contribution in [2.75, 3.05) is 13.6 Å². The van der Waals surface area contributed by atoms with Crippen molar-refractivity contribution in [1.82, 2.24) is 15.1 Å². The second kappa shape index (κ2) is 7.97. The Balaban J connectivity index is 1.45. The van der Waals surface area contributed by atoms with E-state index in [0.29, 0.717) is 25.1 Å². The number of nitrogens with zero attached hydrogens (tertiary/aromatic N) is 2. The summed E-state index contributed by atoms with van der Waals surface area (Å²) in [7, 11) is 1.77. The molecule has 0 aliphatic heterocycles. The number of aliphatic hydroxyl groups is 1. The molecule has 4 N–H and O–H groups in total. The van der Waals surface area contributed by atoms with Crippen molar-refractivity contribution in [2.24, 2.45) is 11.7 Å². The van der Waals surface area contributed by atoms with E-state index in [1.807, 2.05) is 12.1 Å². The van der Waals surface area contributed by atoms with Gasteiger partial charge in [0.25, 0.3) is 0 Å². The first-order chi connectivity index (χ1) is 12.4. The van der Waals surface area contributed by atoms with Gasteiger partial charge in [-0.15, -0.1) is 0 Å². The van der Waals surface area contributed by atoms with Gasteiger partial charge >= 0.3 is 0 Å². The lowest BCUT2D eigenvalue weighted by atomic mass is 9.75. The fraction of sp³-hybridized carbons (Fsp3) is 0.474. The molecule has 2 aromatic rings. The van der Waals surface area contributed by atoms with Gasteiger partial charge in [-0.05, 0) is 37.5 Å². The molecule has 0 spiro atoms. The highest BCUT2D eigenvalue weighted by molar-refractivity contribution is 5.76. The van der Waals surface area contributed by atoms with Crippen LogP contribution in [0, 0.1) is 11.7 Å². The molecule has 0 radical (unpaired) electrons. The van der Waals surface area contributed by atoms with Gasteiger partial charge in [-0.2, -0.15) is 5.10 Å². The number of nitrogens with two attached hydrogens (primary N) is 1. The molecule has 6 nitrogen and oxygen atoms in total. The molecule has 1 aromatic heterocycles. The van der Waals surface area contributed by atoms with Crippen LogP contribution in [0.1, 0.15) is 25.0 Å². The summed E-state index contributed by atoms with van der Waals surface area (Å²) in [5.41, 5.74) is 8.22. The molecule has 140 valence electrons. The van der Waals surface area contributed by atoms with Crippen molar-refractivity contribution in [3.8, 4) is 11.3 Å². The van der Waals surface area contributed by atoms with E-state index in [-0.39, 0.29) is 23.7 Å². The molecule has 0 bridgehead atoms. The number of nitrogens with one attached hydrogen (secondary N) is 1. The number of halogens is 1. The topological polar surface area (TPSA) is 95.2 Å². The van der Waals surface area contributed by atoms with E-state index in [4.69, 9.17) is 5.73 Å². The van der Waals surface area contributed by atoms with Crippen molar-refractivity contribution in [1.29, 1.82) is 0 Å². The Morgan fingerprint density at radius 1 is 1.46 bits per heavy atom. The zero-order chi connectivity index (χ0) is 18.7. The maximum Gasteiger partial charge on any atom is 0.222 e. The van der Waals surface area contributed by atoms with E-state index in [1.54, 1.807) is 18.0 Å². The number of hydrogen-bond donors (Lipinski definition) is 3. The molecule has 26 heavy (non-hydrogen) atoms. The van der Waals surface area contributed by atoms with Gasteiger partial charge < -0.3 is 15.7 Å². The van der Waals surface area contributed by atoms with Crippen LogP contribution in [-0.4, -0.2) is 51.8 Å². The number of aromatic nitrogens is 2. The Labute approximate surface area is 152 Å². The Hall–Kier alpha value is -2.25. The predicted octanol–water partition coefficient (Wildman–Crippen LogP) is 1.70. The van der Waals surface area contributed by atoms with Crippen LogP contribution >= 0.6 is 0 Å². The number of rotatable bonds is 7. The number of carbonyl (C=O) groups is 1. The molecule has 1 aromatic carbocycles. The SMILES string of the molecule is CN(CCCc1cc(-c2cccc(F)c2)n[nH]1)C(=O)C[C@H]1[C@H](O)C[C@@H]1N. The van der Waals surface area contributed by atoms with E-state index in [1.165, 1.54) is 12.1 Å². The van der Waals surface area contributed by atoms with Crippen LogP contribution < -0.4 is 5.73 Å². The van der Waals surface area contributed by atoms with Crippen molar-refractivity contribution in [3.63, 3.8) is 0 Å². The Morgan fingerprint density at radius 2 is 2.27 bits per heavy atom. The second-order valence-electron chi connectivity index (χ2n) is 7.04. The molecule has 1 fully saturated rings. The van der Waals surface area contributed by atoms with Crippen molar-refractivity contribution in [3.05, 3.63) is 41.8 Å². The molecule has 1 aliphatic rings. The fourth-order valence-corrected chi connectivity index (χ4v) is 3.28. The van der Waals surface area contributed by atoms with Crippen LogP contribution in [0.25, 0.3) is 11.3 Å². The lowest BCUT2D eigenvalue weighted by Crippen LogP contribution is -2.52. The van der Waals surface area contributed by atoms with Gasteiger partial charge in [-0.25, -0.2) is 4.39 Å². The Kier molecular flexibility index (Phi) is 5.68. The number of H-pyrrole nitrogens is 1. The second-order valence-corrected chi connectivity index (χ2v) is 7.04. The lowest BCUT2D eigenvalue weighted by molar-refractivity contribution is -0.134. The first-order valence-corrected chi connectivity index (χ1v) is 8.92. The molecule has 1 saturated carbocycles. The fourth-order valence-electron chi connectivity index (χ4n) is 3.28. The van der Waals surface area contributed by atoms with Gasteiger partial charge in [0.2, 0.25) is 5.91 Å². The van der Waals surface area contributed by atoms with Gasteiger partial charge in [0.15, 0.2) is 0 Å². The average molecular weight is 360 g/mol. The van der Waals surface area contributed by atoms with Crippen LogP contribution in [0.2, 0.25) is 0 Å². The van der Waals surface area contributed by atoms with Gasteiger partial charge in [0.1, 0.15) is 5.82 Å². The summed E-state index contributed by atoms with van der Waals surface area (Å²) in [6.45, 7) is 0.616. The Bertz CT molecular complexity index is 756. The number of hydrogen-bond acceptors (Lipinski definition) is 4. The molecular weight excluding hydrogens is 335 g/mol. The summed E-state index contributed by atoms with van der Waals surface area (Å²) in [5, 5.41) is 16.8. The third kappa shape index (κ3) is 4.28. The number of amides is 1. The molecule has 3 atom stereocenters. The smallest absolute Gasteiger partial charge is 0.222 e. The summed E-state index contributed by atoms with van der Waals surface area (Å²) in [6, 6.07) is 8.15. The standard InChI is InChI=1S/C19H25FN4O2/c1-24(19(26)10-15-16(21)11-18(15)25)7-3-6-14-9-17(23-22-14)12-4-2-5-13(20)8-12/h2,4-5,8-9,15-16,18,25H,3,6-7,10-11,21H2,1H3,(H,22,23)/t15-,16+,18-/m1/s1. The minimum atomic E-state index is -0.450. The molecule has 1 heterocycles. The van der Waals surface area contributed by atoms with Crippen LogP contribution in [0.15, 0.2) is 30.3 Å². The number of aromatic amines is 1. The molecule has 1 aliphatic carbocycles. The molecule has 7 heteroatoms.